The van der Waals surface area contributed by atoms with Crippen molar-refractivity contribution in [2.24, 2.45) is 0 Å². The van der Waals surface area contributed by atoms with E-state index in [2.05, 4.69) is 4.74 Å². The van der Waals surface area contributed by atoms with Gasteiger partial charge in [-0.2, -0.15) is 0 Å². The first-order valence-corrected chi connectivity index (χ1v) is 5.05. The zero-order valence-electron chi connectivity index (χ0n) is 10.1. The van der Waals surface area contributed by atoms with Gasteiger partial charge in [0, 0.05) is 5.56 Å². The topological polar surface area (TPSA) is 78.7 Å². The summed E-state index contributed by atoms with van der Waals surface area (Å²) in [4.78, 5) is 21.0. The van der Waals surface area contributed by atoms with E-state index >= 15 is 0 Å². The molecule has 0 aliphatic heterocycles. The summed E-state index contributed by atoms with van der Waals surface area (Å²) >= 11 is 0. The third kappa shape index (κ3) is 2.93. The number of nitrogens with zero attached hydrogens (tertiary/aromatic N) is 1. The van der Waals surface area contributed by atoms with Crippen molar-refractivity contribution in [1.29, 1.82) is 0 Å². The Hall–Kier alpha value is -2.18. The van der Waals surface area contributed by atoms with Crippen LogP contribution in [0.15, 0.2) is 12.1 Å². The van der Waals surface area contributed by atoms with Crippen LogP contribution in [0.4, 0.5) is 10.1 Å². The van der Waals surface area contributed by atoms with Crippen LogP contribution < -0.4 is 4.74 Å². The molecule has 1 rings (SSSR count). The first kappa shape index (κ1) is 13.9. The number of ether oxygens (including phenoxy) is 2. The number of carbonyl (C=O) groups excluding carboxylic acids is 1. The number of hydrogen-bond donors (Lipinski definition) is 0. The highest BCUT2D eigenvalue weighted by atomic mass is 19.1. The van der Waals surface area contributed by atoms with E-state index in [1.54, 1.807) is 0 Å². The smallest absolute Gasteiger partial charge is 0.346 e. The minimum atomic E-state index is -0.995. The van der Waals surface area contributed by atoms with Gasteiger partial charge in [0.25, 0.3) is 5.69 Å². The van der Waals surface area contributed by atoms with Gasteiger partial charge in [-0.1, -0.05) is 0 Å². The van der Waals surface area contributed by atoms with Crippen LogP contribution in [-0.4, -0.2) is 24.1 Å². The monoisotopic (exact) mass is 257 g/mol. The van der Waals surface area contributed by atoms with Crippen LogP contribution in [0.25, 0.3) is 0 Å². The first-order valence-electron chi connectivity index (χ1n) is 5.05. The van der Waals surface area contributed by atoms with Crippen molar-refractivity contribution >= 4 is 11.7 Å². The molecule has 0 aliphatic carbocycles. The predicted molar refractivity (Wildman–Crippen MR) is 59.9 cm³/mol. The summed E-state index contributed by atoms with van der Waals surface area (Å²) in [7, 11) is 1.18. The number of nitro benzene ring substituents is 1. The summed E-state index contributed by atoms with van der Waals surface area (Å²) in [5.41, 5.74) is -0.0981. The summed E-state index contributed by atoms with van der Waals surface area (Å²) in [5.74, 6) is -1.79. The molecule has 7 heteroatoms. The van der Waals surface area contributed by atoms with E-state index in [0.29, 0.717) is 0 Å². The SMILES string of the molecule is COC(=O)C(C)Oc1cc(C)c([N+](=O)[O-])cc1F. The second-order valence-corrected chi connectivity index (χ2v) is 3.61. The Bertz CT molecular complexity index is 489. The summed E-state index contributed by atoms with van der Waals surface area (Å²) in [6, 6.07) is 1.93. The largest absolute Gasteiger partial charge is 0.476 e. The Labute approximate surface area is 102 Å². The van der Waals surface area contributed by atoms with Crippen molar-refractivity contribution in [3.8, 4) is 5.75 Å². The molecular formula is C11H12FNO5. The molecule has 0 N–H and O–H groups in total. The van der Waals surface area contributed by atoms with Gasteiger partial charge in [0.05, 0.1) is 18.1 Å². The lowest BCUT2D eigenvalue weighted by molar-refractivity contribution is -0.385. The number of hydrogen-bond acceptors (Lipinski definition) is 5. The molecule has 0 amide bonds. The fraction of sp³-hybridized carbons (Fsp3) is 0.364. The van der Waals surface area contributed by atoms with Crippen molar-refractivity contribution in [3.63, 3.8) is 0 Å². The van der Waals surface area contributed by atoms with Gasteiger partial charge < -0.3 is 9.47 Å². The summed E-state index contributed by atoms with van der Waals surface area (Å²) < 4.78 is 23.0. The lowest BCUT2D eigenvalue weighted by atomic mass is 10.2. The first-order chi connectivity index (χ1) is 8.36. The molecule has 1 unspecified atom stereocenters. The van der Waals surface area contributed by atoms with E-state index in [9.17, 15) is 19.3 Å². The average molecular weight is 257 g/mol. The predicted octanol–water partition coefficient (Wildman–Crippen LogP) is 1.98. The molecule has 1 aromatic carbocycles. The number of aryl methyl sites for hydroxylation is 1. The number of carbonyl (C=O) groups is 1. The van der Waals surface area contributed by atoms with Gasteiger partial charge in [-0.15, -0.1) is 0 Å². The van der Waals surface area contributed by atoms with E-state index in [1.807, 2.05) is 0 Å². The van der Waals surface area contributed by atoms with Crippen LogP contribution in [0.1, 0.15) is 12.5 Å². The maximum absolute atomic E-state index is 13.5. The van der Waals surface area contributed by atoms with E-state index < -0.39 is 22.8 Å². The second kappa shape index (κ2) is 5.44. The van der Waals surface area contributed by atoms with Gasteiger partial charge >= 0.3 is 5.97 Å². The minimum Gasteiger partial charge on any atom is -0.476 e. The van der Waals surface area contributed by atoms with Crippen LogP contribution in [0.3, 0.4) is 0 Å². The third-order valence-corrected chi connectivity index (χ3v) is 2.28. The standard InChI is InChI=1S/C11H12FNO5/c1-6-4-10(18-7(2)11(14)17-3)8(12)5-9(6)13(15)16/h4-5,7H,1-3H3. The van der Waals surface area contributed by atoms with Gasteiger partial charge in [-0.3, -0.25) is 10.1 Å². The van der Waals surface area contributed by atoms with Gasteiger partial charge in [0.1, 0.15) is 0 Å². The fourth-order valence-corrected chi connectivity index (χ4v) is 1.34. The molecule has 0 spiro atoms. The summed E-state index contributed by atoms with van der Waals surface area (Å²) in [6.07, 6.45) is -0.995. The highest BCUT2D eigenvalue weighted by molar-refractivity contribution is 5.74. The van der Waals surface area contributed by atoms with E-state index in [1.165, 1.54) is 27.0 Å². The molecule has 0 saturated heterocycles. The number of rotatable bonds is 4. The lowest BCUT2D eigenvalue weighted by Crippen LogP contribution is -2.25. The molecule has 0 heterocycles. The molecule has 0 bridgehead atoms. The fourth-order valence-electron chi connectivity index (χ4n) is 1.34. The van der Waals surface area contributed by atoms with Gasteiger partial charge in [-0.25, -0.2) is 9.18 Å². The highest BCUT2D eigenvalue weighted by Gasteiger charge is 2.20. The molecule has 0 aromatic heterocycles. The Morgan fingerprint density at radius 2 is 2.11 bits per heavy atom. The third-order valence-electron chi connectivity index (χ3n) is 2.28. The Morgan fingerprint density at radius 3 is 2.61 bits per heavy atom. The number of benzene rings is 1. The van der Waals surface area contributed by atoms with Gasteiger partial charge in [0.2, 0.25) is 0 Å². The van der Waals surface area contributed by atoms with Crippen LogP contribution in [0.2, 0.25) is 0 Å². The zero-order valence-corrected chi connectivity index (χ0v) is 10.1. The molecule has 0 saturated carbocycles. The Balaban J connectivity index is 3.02. The van der Waals surface area contributed by atoms with Crippen LogP contribution in [0.5, 0.6) is 5.75 Å². The number of halogens is 1. The van der Waals surface area contributed by atoms with E-state index in [-0.39, 0.29) is 17.0 Å². The van der Waals surface area contributed by atoms with Crippen molar-refractivity contribution in [3.05, 3.63) is 33.6 Å². The van der Waals surface area contributed by atoms with Crippen LogP contribution >= 0.6 is 0 Å². The maximum atomic E-state index is 13.5. The quantitative estimate of drug-likeness (QED) is 0.468. The molecular weight excluding hydrogens is 245 g/mol. The normalized spacial score (nSPS) is 11.8. The summed E-state index contributed by atoms with van der Waals surface area (Å²) in [5, 5.41) is 10.6. The van der Waals surface area contributed by atoms with Gasteiger partial charge in [-0.05, 0) is 19.9 Å². The maximum Gasteiger partial charge on any atom is 0.346 e. The van der Waals surface area contributed by atoms with Crippen molar-refractivity contribution in [2.45, 2.75) is 20.0 Å². The lowest BCUT2D eigenvalue weighted by Gasteiger charge is -2.13. The molecule has 1 atom stereocenters. The molecule has 6 nitrogen and oxygen atoms in total. The molecule has 18 heavy (non-hydrogen) atoms. The van der Waals surface area contributed by atoms with E-state index in [0.717, 1.165) is 6.07 Å². The molecule has 0 aliphatic rings. The number of esters is 1. The molecule has 0 fully saturated rings. The average Bonchev–Trinajstić information content (AvgIpc) is 2.31. The minimum absolute atomic E-state index is 0.226. The van der Waals surface area contributed by atoms with Gasteiger partial charge in [0.15, 0.2) is 17.7 Å². The van der Waals surface area contributed by atoms with E-state index in [4.69, 9.17) is 4.74 Å². The van der Waals surface area contributed by atoms with Crippen LogP contribution in [0, 0.1) is 22.9 Å². The molecule has 1 aromatic rings. The number of methoxy groups -OCH3 is 1. The van der Waals surface area contributed by atoms with Crippen molar-refractivity contribution in [2.75, 3.05) is 7.11 Å². The number of nitro groups is 1. The summed E-state index contributed by atoms with van der Waals surface area (Å²) in [6.45, 7) is 2.84. The van der Waals surface area contributed by atoms with Crippen LogP contribution in [-0.2, 0) is 9.53 Å². The zero-order chi connectivity index (χ0) is 13.9. The highest BCUT2D eigenvalue weighted by Crippen LogP contribution is 2.27. The Kier molecular flexibility index (Phi) is 4.19. The van der Waals surface area contributed by atoms with Crippen molar-refractivity contribution < 1.29 is 23.6 Å². The Morgan fingerprint density at radius 1 is 1.50 bits per heavy atom. The molecule has 98 valence electrons. The molecule has 0 radical (unpaired) electrons. The second-order valence-electron chi connectivity index (χ2n) is 3.61. The van der Waals surface area contributed by atoms with Crippen molar-refractivity contribution in [1.82, 2.24) is 0 Å².